The minimum absolute atomic E-state index is 0. The number of halogens is 3. The normalized spacial score (nSPS) is 10.7. The first-order valence-electron chi connectivity index (χ1n) is 7.29. The fourth-order valence-electron chi connectivity index (χ4n) is 2.53. The molecule has 0 aliphatic rings. The SMILES string of the molecule is Cc1cccc(C)c1CC(=O)C[n+]1cc(C#N)cc(C(F)(F)F)c1.[Y]. The number of carbonyl (C=O) groups is 1. The quantitative estimate of drug-likeness (QED) is 0.710. The Morgan fingerprint density at radius 3 is 2.32 bits per heavy atom. The van der Waals surface area contributed by atoms with Crippen LogP contribution in [0.15, 0.2) is 36.7 Å². The Balaban J connectivity index is 0.00000312. The third kappa shape index (κ3) is 5.72. The average Bonchev–Trinajstić information content (AvgIpc) is 2.50. The minimum atomic E-state index is -4.57. The second kappa shape index (κ2) is 8.69. The van der Waals surface area contributed by atoms with Gasteiger partial charge in [-0.25, -0.2) is 0 Å². The van der Waals surface area contributed by atoms with Crippen molar-refractivity contribution in [3.05, 3.63) is 64.5 Å². The molecule has 0 amide bonds. The zero-order chi connectivity index (χ0) is 17.9. The molecule has 25 heavy (non-hydrogen) atoms. The van der Waals surface area contributed by atoms with E-state index >= 15 is 0 Å². The monoisotopic (exact) mass is 422 g/mol. The van der Waals surface area contributed by atoms with Gasteiger partial charge in [-0.05, 0) is 36.6 Å². The molecule has 1 heterocycles. The summed E-state index contributed by atoms with van der Waals surface area (Å²) in [4.78, 5) is 12.3. The number of aryl methyl sites for hydroxylation is 2. The second-order valence-electron chi connectivity index (χ2n) is 5.68. The number of carbonyl (C=O) groups excluding carboxylic acids is 1. The van der Waals surface area contributed by atoms with E-state index in [1.165, 1.54) is 6.20 Å². The van der Waals surface area contributed by atoms with Crippen molar-refractivity contribution in [2.45, 2.75) is 33.0 Å². The summed E-state index contributed by atoms with van der Waals surface area (Å²) in [5.41, 5.74) is 1.74. The molecule has 0 N–H and O–H groups in total. The Morgan fingerprint density at radius 2 is 1.80 bits per heavy atom. The number of rotatable bonds is 4. The minimum Gasteiger partial charge on any atom is -0.292 e. The summed E-state index contributed by atoms with van der Waals surface area (Å²) in [7, 11) is 0. The van der Waals surface area contributed by atoms with Gasteiger partial charge >= 0.3 is 6.18 Å². The maximum atomic E-state index is 12.9. The predicted octanol–water partition coefficient (Wildman–Crippen LogP) is 3.29. The zero-order valence-corrected chi connectivity index (χ0v) is 16.7. The van der Waals surface area contributed by atoms with E-state index in [4.69, 9.17) is 5.26 Å². The average molecular weight is 422 g/mol. The molecule has 2 rings (SSSR count). The molecule has 0 saturated carbocycles. The molecule has 0 saturated heterocycles. The third-order valence-corrected chi connectivity index (χ3v) is 3.75. The van der Waals surface area contributed by atoms with E-state index in [2.05, 4.69) is 0 Å². The molecule has 7 heteroatoms. The van der Waals surface area contributed by atoms with Crippen LogP contribution in [0.1, 0.15) is 27.8 Å². The van der Waals surface area contributed by atoms with Gasteiger partial charge in [0.15, 0.2) is 12.4 Å². The molecule has 0 bridgehead atoms. The number of pyridine rings is 1. The Hall–Kier alpha value is -1.58. The molecular weight excluding hydrogens is 406 g/mol. The van der Waals surface area contributed by atoms with Gasteiger partial charge in [0.25, 0.3) is 0 Å². The number of hydrogen-bond donors (Lipinski definition) is 0. The predicted molar refractivity (Wildman–Crippen MR) is 81.0 cm³/mol. The van der Waals surface area contributed by atoms with Gasteiger partial charge in [0.05, 0.1) is 0 Å². The van der Waals surface area contributed by atoms with E-state index < -0.39 is 11.7 Å². The molecule has 3 nitrogen and oxygen atoms in total. The summed E-state index contributed by atoms with van der Waals surface area (Å²) in [6.45, 7) is 3.56. The summed E-state index contributed by atoms with van der Waals surface area (Å²) < 4.78 is 39.7. The van der Waals surface area contributed by atoms with Gasteiger partial charge in [0.1, 0.15) is 17.2 Å². The van der Waals surface area contributed by atoms with E-state index in [0.29, 0.717) is 0 Å². The number of nitriles is 1. The van der Waals surface area contributed by atoms with E-state index in [1.807, 2.05) is 32.0 Å². The van der Waals surface area contributed by atoms with E-state index in [-0.39, 0.29) is 57.0 Å². The first kappa shape index (κ1) is 21.5. The van der Waals surface area contributed by atoms with Crippen LogP contribution in [0, 0.1) is 25.2 Å². The number of Topliss-reactive ketones (excluding diaryl/α,β-unsaturated/α-hetero) is 1. The van der Waals surface area contributed by atoms with Crippen LogP contribution in [-0.2, 0) is 56.6 Å². The van der Waals surface area contributed by atoms with Gasteiger partial charge in [0.2, 0.25) is 12.3 Å². The number of alkyl halides is 3. The van der Waals surface area contributed by atoms with Crippen molar-refractivity contribution in [2.75, 3.05) is 0 Å². The molecule has 1 aromatic heterocycles. The Kier molecular flexibility index (Phi) is 7.46. The van der Waals surface area contributed by atoms with Crippen LogP contribution in [0.25, 0.3) is 0 Å². The van der Waals surface area contributed by atoms with Crippen LogP contribution in [0.5, 0.6) is 0 Å². The molecule has 0 fully saturated rings. The molecule has 1 aromatic carbocycles. The van der Waals surface area contributed by atoms with Crippen LogP contribution in [-0.4, -0.2) is 5.78 Å². The molecule has 0 aliphatic heterocycles. The van der Waals surface area contributed by atoms with Crippen molar-refractivity contribution in [3.63, 3.8) is 0 Å². The number of nitrogens with zero attached hydrogens (tertiary/aromatic N) is 2. The second-order valence-corrected chi connectivity index (χ2v) is 5.68. The van der Waals surface area contributed by atoms with Crippen molar-refractivity contribution in [2.24, 2.45) is 0 Å². The largest absolute Gasteiger partial charge is 0.422 e. The van der Waals surface area contributed by atoms with Crippen molar-refractivity contribution < 1.29 is 55.2 Å². The smallest absolute Gasteiger partial charge is 0.292 e. The molecule has 0 aliphatic carbocycles. The van der Waals surface area contributed by atoms with Crippen LogP contribution < -0.4 is 4.57 Å². The van der Waals surface area contributed by atoms with Gasteiger partial charge in [-0.2, -0.15) is 23.0 Å². The van der Waals surface area contributed by atoms with Crippen molar-refractivity contribution in [1.82, 2.24) is 0 Å². The molecule has 0 unspecified atom stereocenters. The first-order chi connectivity index (χ1) is 11.2. The van der Waals surface area contributed by atoms with Crippen LogP contribution in [0.2, 0.25) is 0 Å². The first-order valence-corrected chi connectivity index (χ1v) is 7.29. The van der Waals surface area contributed by atoms with E-state index in [0.717, 1.165) is 33.5 Å². The fraction of sp³-hybridized carbons (Fsp3) is 0.278. The topological polar surface area (TPSA) is 44.7 Å². The summed E-state index contributed by atoms with van der Waals surface area (Å²) in [6.07, 6.45) is -2.32. The van der Waals surface area contributed by atoms with Gasteiger partial charge in [-0.3, -0.25) is 4.79 Å². The molecule has 0 spiro atoms. The molecule has 1 radical (unpaired) electrons. The van der Waals surface area contributed by atoms with E-state index in [9.17, 15) is 18.0 Å². The van der Waals surface area contributed by atoms with Crippen molar-refractivity contribution in [3.8, 4) is 6.07 Å². The summed E-state index contributed by atoms with van der Waals surface area (Å²) in [6, 6.07) is 8.13. The Morgan fingerprint density at radius 1 is 1.20 bits per heavy atom. The maximum Gasteiger partial charge on any atom is 0.422 e. The molecule has 127 valence electrons. The van der Waals surface area contributed by atoms with Crippen molar-refractivity contribution >= 4 is 5.78 Å². The van der Waals surface area contributed by atoms with Crippen LogP contribution in [0.3, 0.4) is 0 Å². The zero-order valence-electron chi connectivity index (χ0n) is 13.9. The van der Waals surface area contributed by atoms with Gasteiger partial charge in [-0.15, -0.1) is 0 Å². The van der Waals surface area contributed by atoms with Gasteiger partial charge in [-0.1, -0.05) is 18.2 Å². The van der Waals surface area contributed by atoms with E-state index in [1.54, 1.807) is 6.07 Å². The number of aromatic nitrogens is 1. The van der Waals surface area contributed by atoms with Crippen LogP contribution in [0.4, 0.5) is 13.2 Å². The third-order valence-electron chi connectivity index (χ3n) is 3.75. The van der Waals surface area contributed by atoms with Gasteiger partial charge < -0.3 is 0 Å². The maximum absolute atomic E-state index is 12.9. The summed E-state index contributed by atoms with van der Waals surface area (Å²) in [5, 5.41) is 8.88. The molecular formula is C18H16F3N2OY+. The van der Waals surface area contributed by atoms with Crippen molar-refractivity contribution in [1.29, 1.82) is 5.26 Å². The molecule has 2 aromatic rings. The Labute approximate surface area is 169 Å². The number of hydrogen-bond acceptors (Lipinski definition) is 2. The number of ketones is 1. The Bertz CT molecular complexity index is 806. The molecule has 0 atom stereocenters. The number of benzene rings is 1. The standard InChI is InChI=1S/C18H16F3N2O.Y/c1-12-4-3-5-13(2)17(12)7-16(24)11-23-9-14(8-22)6-15(10-23)18(19,20)21;/h3-6,9-10H,7,11H2,1-2H3;/q+1;. The fourth-order valence-corrected chi connectivity index (χ4v) is 2.53. The van der Waals surface area contributed by atoms with Crippen LogP contribution >= 0.6 is 0 Å². The summed E-state index contributed by atoms with van der Waals surface area (Å²) in [5.74, 6) is -0.222. The van der Waals surface area contributed by atoms with Gasteiger partial charge in [0, 0.05) is 39.1 Å². The summed E-state index contributed by atoms with van der Waals surface area (Å²) >= 11 is 0.